The zero-order valence-electron chi connectivity index (χ0n) is 20.1. The zero-order chi connectivity index (χ0) is 25.1. The summed E-state index contributed by atoms with van der Waals surface area (Å²) in [5.41, 5.74) is 1.36. The second kappa shape index (κ2) is 10.2. The van der Waals surface area contributed by atoms with Crippen molar-refractivity contribution in [2.45, 2.75) is 58.7 Å². The molecule has 0 aliphatic heterocycles. The minimum absolute atomic E-state index is 0.0349. The Balaban J connectivity index is 1.68. The average Bonchev–Trinajstić information content (AvgIpc) is 3.66. The molecule has 1 aliphatic carbocycles. The standard InChI is InChI=1S/C26H30N4O5/c1-16(2)35-22-12-10-21(11-13-22)27-24-28-25(33)30(14-17(3)23(31)32)26(34)29(24)15-18-4-6-19(7-5-18)20-8-9-20/h4-7,10-13,16-17,20H,8-9,14-15H2,1-3H3,(H,31,32)(H,27,28,33)/t17-/m0/s1. The Hall–Kier alpha value is -3.88. The van der Waals surface area contributed by atoms with Crippen LogP contribution in [0.2, 0.25) is 0 Å². The lowest BCUT2D eigenvalue weighted by atomic mass is 10.1. The lowest BCUT2D eigenvalue weighted by molar-refractivity contribution is -0.141. The van der Waals surface area contributed by atoms with Crippen molar-refractivity contribution >= 4 is 17.6 Å². The smallest absolute Gasteiger partial charge is 0.354 e. The fraction of sp³-hybridized carbons (Fsp3) is 0.385. The van der Waals surface area contributed by atoms with Gasteiger partial charge in [0.2, 0.25) is 5.95 Å². The lowest BCUT2D eigenvalue weighted by Gasteiger charge is -2.17. The van der Waals surface area contributed by atoms with Crippen LogP contribution in [-0.2, 0) is 17.9 Å². The number of hydrogen-bond acceptors (Lipinski definition) is 6. The number of rotatable bonds is 10. The van der Waals surface area contributed by atoms with E-state index in [0.29, 0.717) is 17.4 Å². The van der Waals surface area contributed by atoms with Crippen LogP contribution in [0.5, 0.6) is 5.75 Å². The van der Waals surface area contributed by atoms with Gasteiger partial charge in [-0.05, 0) is 68.0 Å². The SMILES string of the molecule is CC(C)Oc1ccc(Nc2nc(=O)n(C[C@H](C)C(=O)O)c(=O)n2Cc2ccc(C3CC3)cc2)cc1. The number of aromatic nitrogens is 3. The van der Waals surface area contributed by atoms with Crippen LogP contribution in [0, 0.1) is 5.92 Å². The van der Waals surface area contributed by atoms with E-state index in [4.69, 9.17) is 4.74 Å². The van der Waals surface area contributed by atoms with E-state index in [0.717, 1.165) is 10.1 Å². The minimum Gasteiger partial charge on any atom is -0.491 e. The average molecular weight is 479 g/mol. The van der Waals surface area contributed by atoms with E-state index in [1.165, 1.54) is 29.9 Å². The zero-order valence-corrected chi connectivity index (χ0v) is 20.1. The number of ether oxygens (including phenoxy) is 1. The molecule has 1 heterocycles. The molecule has 0 bridgehead atoms. The Morgan fingerprint density at radius 1 is 1.06 bits per heavy atom. The molecule has 1 atom stereocenters. The number of carboxylic acids is 1. The van der Waals surface area contributed by atoms with Crippen molar-refractivity contribution in [3.05, 3.63) is 80.6 Å². The van der Waals surface area contributed by atoms with Crippen LogP contribution in [0.3, 0.4) is 0 Å². The summed E-state index contributed by atoms with van der Waals surface area (Å²) >= 11 is 0. The summed E-state index contributed by atoms with van der Waals surface area (Å²) in [5.74, 6) is -0.606. The van der Waals surface area contributed by atoms with Crippen molar-refractivity contribution < 1.29 is 14.6 Å². The molecule has 1 saturated carbocycles. The van der Waals surface area contributed by atoms with E-state index in [2.05, 4.69) is 22.4 Å². The Bertz CT molecular complexity index is 1310. The molecule has 4 rings (SSSR count). The first-order chi connectivity index (χ1) is 16.7. The second-order valence-electron chi connectivity index (χ2n) is 9.27. The van der Waals surface area contributed by atoms with Crippen LogP contribution in [0.25, 0.3) is 0 Å². The van der Waals surface area contributed by atoms with E-state index >= 15 is 0 Å². The van der Waals surface area contributed by atoms with E-state index in [9.17, 15) is 19.5 Å². The fourth-order valence-corrected chi connectivity index (χ4v) is 3.79. The van der Waals surface area contributed by atoms with Crippen LogP contribution in [0.15, 0.2) is 58.1 Å². The lowest BCUT2D eigenvalue weighted by Crippen LogP contribution is -2.44. The predicted octanol–water partition coefficient (Wildman–Crippen LogP) is 3.58. The van der Waals surface area contributed by atoms with Crippen molar-refractivity contribution in [3.8, 4) is 5.75 Å². The predicted molar refractivity (Wildman–Crippen MR) is 133 cm³/mol. The molecule has 1 aliphatic rings. The molecule has 0 radical (unpaired) electrons. The summed E-state index contributed by atoms with van der Waals surface area (Å²) < 4.78 is 7.90. The first-order valence-electron chi connectivity index (χ1n) is 11.8. The molecule has 9 heteroatoms. The van der Waals surface area contributed by atoms with Crippen LogP contribution in [0.4, 0.5) is 11.6 Å². The highest BCUT2D eigenvalue weighted by atomic mass is 16.5. The summed E-state index contributed by atoms with van der Waals surface area (Å²) in [7, 11) is 0. The van der Waals surface area contributed by atoms with Crippen LogP contribution in [-0.4, -0.2) is 31.3 Å². The molecule has 2 aromatic carbocycles. The van der Waals surface area contributed by atoms with Gasteiger partial charge in [0.15, 0.2) is 0 Å². The van der Waals surface area contributed by atoms with Crippen LogP contribution in [0.1, 0.15) is 50.7 Å². The minimum atomic E-state index is -1.09. The summed E-state index contributed by atoms with van der Waals surface area (Å²) in [5, 5.41) is 12.3. The number of nitrogens with one attached hydrogen (secondary N) is 1. The third-order valence-electron chi connectivity index (χ3n) is 5.88. The van der Waals surface area contributed by atoms with Gasteiger partial charge in [-0.15, -0.1) is 0 Å². The first-order valence-corrected chi connectivity index (χ1v) is 11.8. The summed E-state index contributed by atoms with van der Waals surface area (Å²) in [6.45, 7) is 5.23. The molecular formula is C26H30N4O5. The van der Waals surface area contributed by atoms with Gasteiger partial charge in [0.1, 0.15) is 5.75 Å². The summed E-state index contributed by atoms with van der Waals surface area (Å²) in [4.78, 5) is 41.5. The first kappa shape index (κ1) is 24.3. The Morgan fingerprint density at radius 3 is 2.29 bits per heavy atom. The highest BCUT2D eigenvalue weighted by molar-refractivity contribution is 5.69. The third-order valence-corrected chi connectivity index (χ3v) is 5.88. The van der Waals surface area contributed by atoms with Gasteiger partial charge in [-0.1, -0.05) is 31.2 Å². The number of nitrogens with zero attached hydrogens (tertiary/aromatic N) is 3. The van der Waals surface area contributed by atoms with Gasteiger partial charge in [0.25, 0.3) is 0 Å². The van der Waals surface area contributed by atoms with Gasteiger partial charge in [-0.3, -0.25) is 9.36 Å². The van der Waals surface area contributed by atoms with Crippen LogP contribution < -0.4 is 21.4 Å². The van der Waals surface area contributed by atoms with Crippen LogP contribution >= 0.6 is 0 Å². The number of aliphatic carboxylic acids is 1. The van der Waals surface area contributed by atoms with Gasteiger partial charge in [0.05, 0.1) is 18.6 Å². The molecule has 35 heavy (non-hydrogen) atoms. The summed E-state index contributed by atoms with van der Waals surface area (Å²) in [6.07, 6.45) is 2.43. The maximum atomic E-state index is 13.4. The van der Waals surface area contributed by atoms with Gasteiger partial charge in [0, 0.05) is 12.2 Å². The van der Waals surface area contributed by atoms with Crippen molar-refractivity contribution in [3.63, 3.8) is 0 Å². The van der Waals surface area contributed by atoms with Crippen molar-refractivity contribution in [2.75, 3.05) is 5.32 Å². The molecule has 1 aromatic heterocycles. The van der Waals surface area contributed by atoms with Gasteiger partial charge >= 0.3 is 17.3 Å². The largest absolute Gasteiger partial charge is 0.491 e. The highest BCUT2D eigenvalue weighted by Crippen LogP contribution is 2.39. The maximum Gasteiger partial charge on any atom is 0.354 e. The van der Waals surface area contributed by atoms with Gasteiger partial charge in [-0.25, -0.2) is 14.2 Å². The molecular weight excluding hydrogens is 448 g/mol. The topological polar surface area (TPSA) is 115 Å². The molecule has 9 nitrogen and oxygen atoms in total. The highest BCUT2D eigenvalue weighted by Gasteiger charge is 2.23. The Kier molecular flexibility index (Phi) is 7.04. The maximum absolute atomic E-state index is 13.4. The molecule has 3 aromatic rings. The molecule has 0 saturated heterocycles. The second-order valence-corrected chi connectivity index (χ2v) is 9.27. The molecule has 0 spiro atoms. The number of carboxylic acid groups (broad SMARTS) is 1. The molecule has 184 valence electrons. The fourth-order valence-electron chi connectivity index (χ4n) is 3.79. The number of hydrogen-bond donors (Lipinski definition) is 2. The quantitative estimate of drug-likeness (QED) is 0.458. The van der Waals surface area contributed by atoms with Crippen molar-refractivity contribution in [2.24, 2.45) is 5.92 Å². The monoisotopic (exact) mass is 478 g/mol. The molecule has 1 fully saturated rings. The number of carbonyl (C=O) groups is 1. The Labute approximate surface area is 203 Å². The van der Waals surface area contributed by atoms with Gasteiger partial charge < -0.3 is 15.2 Å². The van der Waals surface area contributed by atoms with Gasteiger partial charge in [-0.2, -0.15) is 4.98 Å². The normalized spacial score (nSPS) is 14.1. The number of anilines is 2. The molecule has 0 unspecified atom stereocenters. The molecule has 0 amide bonds. The summed E-state index contributed by atoms with van der Waals surface area (Å²) in [6, 6.07) is 15.2. The number of benzene rings is 2. The third kappa shape index (κ3) is 5.98. The molecule has 2 N–H and O–H groups in total. The van der Waals surface area contributed by atoms with E-state index in [1.54, 1.807) is 24.3 Å². The van der Waals surface area contributed by atoms with Crippen molar-refractivity contribution in [1.29, 1.82) is 0 Å². The van der Waals surface area contributed by atoms with E-state index in [1.807, 2.05) is 26.0 Å². The van der Waals surface area contributed by atoms with E-state index < -0.39 is 23.3 Å². The van der Waals surface area contributed by atoms with Crippen molar-refractivity contribution in [1.82, 2.24) is 14.1 Å². The van der Waals surface area contributed by atoms with E-state index in [-0.39, 0.29) is 25.1 Å². The Morgan fingerprint density at radius 2 is 1.71 bits per heavy atom.